The number of aliphatic imine (C=N–C) groups is 1. The zero-order valence-electron chi connectivity index (χ0n) is 17.1. The molecule has 0 radical (unpaired) electrons. The van der Waals surface area contributed by atoms with Gasteiger partial charge in [0.25, 0.3) is 0 Å². The Hall–Kier alpha value is -2.68. The summed E-state index contributed by atoms with van der Waals surface area (Å²) in [7, 11) is 0. The fraction of sp³-hybridized carbons (Fsp3) is 0.261. The summed E-state index contributed by atoms with van der Waals surface area (Å²) in [6.07, 6.45) is 5.05. The number of aromatic nitrogens is 3. The number of halogens is 1. The van der Waals surface area contributed by atoms with Crippen LogP contribution in [0.15, 0.2) is 78.1 Å². The van der Waals surface area contributed by atoms with E-state index < -0.39 is 0 Å². The van der Waals surface area contributed by atoms with Crippen molar-refractivity contribution in [3.8, 4) is 5.69 Å². The largest absolute Gasteiger partial charge is 0.356 e. The van der Waals surface area contributed by atoms with Gasteiger partial charge in [-0.05, 0) is 36.6 Å². The average molecular weight is 514 g/mol. The number of hydrogen-bond acceptors (Lipinski definition) is 3. The summed E-state index contributed by atoms with van der Waals surface area (Å²) >= 11 is 0. The number of benzene rings is 2. The van der Waals surface area contributed by atoms with Gasteiger partial charge < -0.3 is 10.2 Å². The monoisotopic (exact) mass is 514 g/mol. The summed E-state index contributed by atoms with van der Waals surface area (Å²) in [6.45, 7) is 5.19. The molecule has 1 aliphatic heterocycles. The van der Waals surface area contributed by atoms with Gasteiger partial charge in [0, 0.05) is 25.3 Å². The molecule has 0 spiro atoms. The molecule has 7 heteroatoms. The summed E-state index contributed by atoms with van der Waals surface area (Å²) in [5.41, 5.74) is 3.76. The quantitative estimate of drug-likeness (QED) is 0.316. The lowest BCUT2D eigenvalue weighted by Gasteiger charge is -2.29. The van der Waals surface area contributed by atoms with E-state index in [0.29, 0.717) is 6.54 Å². The highest BCUT2D eigenvalue weighted by molar-refractivity contribution is 14.0. The molecule has 6 nitrogen and oxygen atoms in total. The molecular formula is C23H27IN6. The van der Waals surface area contributed by atoms with Gasteiger partial charge >= 0.3 is 0 Å². The van der Waals surface area contributed by atoms with E-state index in [2.05, 4.69) is 63.7 Å². The lowest BCUT2D eigenvalue weighted by Crippen LogP contribution is -2.43. The van der Waals surface area contributed by atoms with E-state index in [-0.39, 0.29) is 24.0 Å². The maximum absolute atomic E-state index is 4.84. The zero-order valence-corrected chi connectivity index (χ0v) is 19.4. The minimum Gasteiger partial charge on any atom is -0.356 e. The molecule has 0 unspecified atom stereocenters. The number of nitrogens with one attached hydrogen (secondary N) is 1. The van der Waals surface area contributed by atoms with Crippen molar-refractivity contribution in [2.45, 2.75) is 19.9 Å². The Balaban J connectivity index is 0.00000256. The third kappa shape index (κ3) is 5.27. The van der Waals surface area contributed by atoms with Gasteiger partial charge in [-0.15, -0.1) is 34.2 Å². The van der Waals surface area contributed by atoms with E-state index in [4.69, 9.17) is 4.99 Å². The van der Waals surface area contributed by atoms with Crippen LogP contribution in [0.2, 0.25) is 0 Å². The fourth-order valence-electron chi connectivity index (χ4n) is 3.52. The number of nitrogens with zero attached hydrogens (tertiary/aromatic N) is 5. The average Bonchev–Trinajstić information content (AvgIpc) is 3.27. The first kappa shape index (κ1) is 22.0. The van der Waals surface area contributed by atoms with Gasteiger partial charge in [-0.3, -0.25) is 4.57 Å². The second kappa shape index (κ2) is 10.9. The summed E-state index contributed by atoms with van der Waals surface area (Å²) in [5, 5.41) is 11.8. The lowest BCUT2D eigenvalue weighted by molar-refractivity contribution is 0.439. The summed E-state index contributed by atoms with van der Waals surface area (Å²) in [5.74, 6) is 1.74. The Morgan fingerprint density at radius 3 is 2.47 bits per heavy atom. The zero-order chi connectivity index (χ0) is 19.9. The van der Waals surface area contributed by atoms with Crippen LogP contribution in [0.1, 0.15) is 24.7 Å². The normalized spacial score (nSPS) is 14.1. The standard InChI is InChI=1S/C23H26N6.HI/c1-2-24-23(28-15-13-20(14-16-28)19-9-5-3-6-10-19)25-17-22-27-26-18-29(22)21-11-7-4-8-12-21;/h3-13,18H,2,14-17H2,1H3,(H,24,25);1H. The predicted octanol–water partition coefficient (Wildman–Crippen LogP) is 4.14. The van der Waals surface area contributed by atoms with Crippen molar-refractivity contribution in [1.82, 2.24) is 25.0 Å². The summed E-state index contributed by atoms with van der Waals surface area (Å²) in [4.78, 5) is 7.13. The van der Waals surface area contributed by atoms with Crippen molar-refractivity contribution >= 4 is 35.5 Å². The number of guanidine groups is 1. The van der Waals surface area contributed by atoms with Crippen LogP contribution in [0.25, 0.3) is 11.3 Å². The number of rotatable bonds is 5. The molecule has 0 fully saturated rings. The molecule has 3 aromatic rings. The number of para-hydroxylation sites is 1. The van der Waals surface area contributed by atoms with Crippen LogP contribution in [0, 0.1) is 0 Å². The summed E-state index contributed by atoms with van der Waals surface area (Å²) in [6, 6.07) is 20.7. The molecule has 0 atom stereocenters. The first-order valence-corrected chi connectivity index (χ1v) is 10.1. The van der Waals surface area contributed by atoms with Gasteiger partial charge in [0.1, 0.15) is 12.9 Å². The van der Waals surface area contributed by atoms with Crippen LogP contribution in [0.5, 0.6) is 0 Å². The topological polar surface area (TPSA) is 58.3 Å². The van der Waals surface area contributed by atoms with Gasteiger partial charge in [-0.2, -0.15) is 0 Å². The predicted molar refractivity (Wildman–Crippen MR) is 132 cm³/mol. The SMILES string of the molecule is CCNC(=NCc1nncn1-c1ccccc1)N1CC=C(c2ccccc2)CC1.I. The van der Waals surface area contributed by atoms with Gasteiger partial charge in [0.05, 0.1) is 0 Å². The highest BCUT2D eigenvalue weighted by atomic mass is 127. The van der Waals surface area contributed by atoms with Crippen LogP contribution in [-0.4, -0.2) is 45.3 Å². The molecule has 30 heavy (non-hydrogen) atoms. The van der Waals surface area contributed by atoms with Crippen molar-refractivity contribution in [3.05, 3.63) is 84.5 Å². The second-order valence-electron chi connectivity index (χ2n) is 6.91. The Morgan fingerprint density at radius 1 is 1.07 bits per heavy atom. The molecule has 4 rings (SSSR count). The maximum Gasteiger partial charge on any atom is 0.194 e. The second-order valence-corrected chi connectivity index (χ2v) is 6.91. The van der Waals surface area contributed by atoms with Gasteiger partial charge in [-0.25, -0.2) is 4.99 Å². The molecule has 1 aromatic heterocycles. The Kier molecular flexibility index (Phi) is 8.01. The molecule has 0 saturated heterocycles. The molecule has 1 aliphatic rings. The highest BCUT2D eigenvalue weighted by Gasteiger charge is 2.16. The van der Waals surface area contributed by atoms with E-state index in [1.54, 1.807) is 6.33 Å². The molecular weight excluding hydrogens is 487 g/mol. The van der Waals surface area contributed by atoms with Gasteiger partial charge in [-0.1, -0.05) is 54.6 Å². The van der Waals surface area contributed by atoms with Crippen LogP contribution >= 0.6 is 24.0 Å². The van der Waals surface area contributed by atoms with Crippen molar-refractivity contribution in [1.29, 1.82) is 0 Å². The van der Waals surface area contributed by atoms with E-state index in [1.807, 2.05) is 34.9 Å². The van der Waals surface area contributed by atoms with Crippen LogP contribution in [0.4, 0.5) is 0 Å². The minimum absolute atomic E-state index is 0. The Morgan fingerprint density at radius 2 is 1.80 bits per heavy atom. The lowest BCUT2D eigenvalue weighted by atomic mass is 10.00. The van der Waals surface area contributed by atoms with Crippen molar-refractivity contribution in [3.63, 3.8) is 0 Å². The van der Waals surface area contributed by atoms with Crippen LogP contribution in [0.3, 0.4) is 0 Å². The Labute approximate surface area is 194 Å². The minimum atomic E-state index is 0. The molecule has 0 amide bonds. The van der Waals surface area contributed by atoms with Gasteiger partial charge in [0.2, 0.25) is 0 Å². The molecule has 2 heterocycles. The van der Waals surface area contributed by atoms with Crippen molar-refractivity contribution in [2.75, 3.05) is 19.6 Å². The first-order valence-electron chi connectivity index (χ1n) is 10.1. The van der Waals surface area contributed by atoms with Crippen LogP contribution in [-0.2, 0) is 6.54 Å². The van der Waals surface area contributed by atoms with E-state index in [0.717, 1.165) is 43.5 Å². The molecule has 156 valence electrons. The Bertz CT molecular complexity index is 981. The molecule has 0 aliphatic carbocycles. The molecule has 1 N–H and O–H groups in total. The fourth-order valence-corrected chi connectivity index (χ4v) is 3.52. The third-order valence-corrected chi connectivity index (χ3v) is 5.01. The third-order valence-electron chi connectivity index (χ3n) is 5.01. The molecule has 0 saturated carbocycles. The van der Waals surface area contributed by atoms with Crippen LogP contribution < -0.4 is 5.32 Å². The van der Waals surface area contributed by atoms with E-state index in [9.17, 15) is 0 Å². The van der Waals surface area contributed by atoms with Crippen molar-refractivity contribution in [2.24, 2.45) is 4.99 Å². The summed E-state index contributed by atoms with van der Waals surface area (Å²) < 4.78 is 1.98. The molecule has 0 bridgehead atoms. The van der Waals surface area contributed by atoms with E-state index in [1.165, 1.54) is 11.1 Å². The van der Waals surface area contributed by atoms with Crippen molar-refractivity contribution < 1.29 is 0 Å². The first-order chi connectivity index (χ1) is 14.3. The smallest absolute Gasteiger partial charge is 0.194 e. The maximum atomic E-state index is 4.84. The van der Waals surface area contributed by atoms with E-state index >= 15 is 0 Å². The highest BCUT2D eigenvalue weighted by Crippen LogP contribution is 2.22. The molecule has 2 aromatic carbocycles. The van der Waals surface area contributed by atoms with Gasteiger partial charge in [0.15, 0.2) is 11.8 Å². The number of hydrogen-bond donors (Lipinski definition) is 1.